The van der Waals surface area contributed by atoms with Crippen molar-refractivity contribution in [2.45, 2.75) is 26.4 Å². The molecule has 1 N–H and O–H groups in total. The standard InChI is InChI=1S/C16H22N4O3/c1-16(2,3)23-15(21)18-9-10-20(4)14-17-8-7-12(19-14)13-6-5-11-22-13/h5-8,11H,9-10H2,1-4H3,(H,18,21). The van der Waals surface area contributed by atoms with E-state index in [0.717, 1.165) is 0 Å². The molecular formula is C16H22N4O3. The van der Waals surface area contributed by atoms with Crippen LogP contribution in [0, 0.1) is 0 Å². The van der Waals surface area contributed by atoms with Gasteiger partial charge in [-0.2, -0.15) is 0 Å². The van der Waals surface area contributed by atoms with Gasteiger partial charge in [0, 0.05) is 26.3 Å². The van der Waals surface area contributed by atoms with Crippen molar-refractivity contribution >= 4 is 12.0 Å². The predicted octanol–water partition coefficient (Wildman–Crippen LogP) is 2.70. The summed E-state index contributed by atoms with van der Waals surface area (Å²) in [5.41, 5.74) is 0.211. The van der Waals surface area contributed by atoms with Crippen LogP contribution in [-0.4, -0.2) is 41.8 Å². The van der Waals surface area contributed by atoms with Gasteiger partial charge >= 0.3 is 6.09 Å². The van der Waals surface area contributed by atoms with Crippen LogP contribution in [0.1, 0.15) is 20.8 Å². The first-order chi connectivity index (χ1) is 10.8. The molecule has 0 saturated carbocycles. The van der Waals surface area contributed by atoms with Crippen molar-refractivity contribution in [1.82, 2.24) is 15.3 Å². The molecule has 1 amide bonds. The van der Waals surface area contributed by atoms with E-state index in [1.165, 1.54) is 0 Å². The Morgan fingerprint density at radius 1 is 1.39 bits per heavy atom. The number of amides is 1. The Kier molecular flexibility index (Phi) is 5.20. The highest BCUT2D eigenvalue weighted by Crippen LogP contribution is 2.18. The fourth-order valence-corrected chi connectivity index (χ4v) is 1.83. The minimum absolute atomic E-state index is 0.430. The SMILES string of the molecule is CN(CCNC(=O)OC(C)(C)C)c1nccc(-c2ccco2)n1. The number of alkyl carbamates (subject to hydrolysis) is 1. The number of nitrogens with zero attached hydrogens (tertiary/aromatic N) is 3. The predicted molar refractivity (Wildman–Crippen MR) is 87.2 cm³/mol. The maximum absolute atomic E-state index is 11.6. The number of carbonyl (C=O) groups excluding carboxylic acids is 1. The average molecular weight is 318 g/mol. The molecule has 0 atom stereocenters. The highest BCUT2D eigenvalue weighted by Gasteiger charge is 2.16. The number of carbonyl (C=O) groups is 1. The van der Waals surface area contributed by atoms with Crippen molar-refractivity contribution in [1.29, 1.82) is 0 Å². The van der Waals surface area contributed by atoms with E-state index in [-0.39, 0.29) is 0 Å². The highest BCUT2D eigenvalue weighted by atomic mass is 16.6. The van der Waals surface area contributed by atoms with Gasteiger partial charge in [0.2, 0.25) is 5.95 Å². The summed E-state index contributed by atoms with van der Waals surface area (Å²) in [5, 5.41) is 2.71. The summed E-state index contributed by atoms with van der Waals surface area (Å²) in [6.45, 7) is 6.46. The van der Waals surface area contributed by atoms with E-state index in [2.05, 4.69) is 15.3 Å². The maximum atomic E-state index is 11.6. The highest BCUT2D eigenvalue weighted by molar-refractivity contribution is 5.67. The molecule has 0 unspecified atom stereocenters. The lowest BCUT2D eigenvalue weighted by Crippen LogP contribution is -2.37. The smallest absolute Gasteiger partial charge is 0.407 e. The van der Waals surface area contributed by atoms with Crippen molar-refractivity contribution in [3.63, 3.8) is 0 Å². The topological polar surface area (TPSA) is 80.5 Å². The molecule has 0 aliphatic carbocycles. The van der Waals surface area contributed by atoms with E-state index in [4.69, 9.17) is 9.15 Å². The van der Waals surface area contributed by atoms with E-state index in [0.29, 0.717) is 30.5 Å². The number of rotatable bonds is 5. The van der Waals surface area contributed by atoms with Gasteiger partial charge in [-0.05, 0) is 39.0 Å². The van der Waals surface area contributed by atoms with Gasteiger partial charge in [-0.15, -0.1) is 0 Å². The Hall–Kier alpha value is -2.57. The number of nitrogens with one attached hydrogen (secondary N) is 1. The molecular weight excluding hydrogens is 296 g/mol. The zero-order chi connectivity index (χ0) is 16.9. The minimum Gasteiger partial charge on any atom is -0.463 e. The Bertz CT molecular complexity index is 635. The molecule has 23 heavy (non-hydrogen) atoms. The molecule has 2 aromatic rings. The summed E-state index contributed by atoms with van der Waals surface area (Å²) < 4.78 is 10.5. The van der Waals surface area contributed by atoms with Crippen LogP contribution in [0.4, 0.5) is 10.7 Å². The fourth-order valence-electron chi connectivity index (χ4n) is 1.83. The van der Waals surface area contributed by atoms with Crippen molar-refractivity contribution in [3.05, 3.63) is 30.7 Å². The fraction of sp³-hybridized carbons (Fsp3) is 0.438. The first-order valence-electron chi connectivity index (χ1n) is 7.40. The number of furan rings is 1. The molecule has 7 nitrogen and oxygen atoms in total. The van der Waals surface area contributed by atoms with Crippen molar-refractivity contribution in [2.75, 3.05) is 25.0 Å². The molecule has 2 aromatic heterocycles. The molecule has 0 aliphatic heterocycles. The van der Waals surface area contributed by atoms with Crippen molar-refractivity contribution < 1.29 is 13.9 Å². The molecule has 0 aromatic carbocycles. The lowest BCUT2D eigenvalue weighted by atomic mass is 10.2. The van der Waals surface area contributed by atoms with Crippen LogP contribution in [0.15, 0.2) is 35.1 Å². The monoisotopic (exact) mass is 318 g/mol. The summed E-state index contributed by atoms with van der Waals surface area (Å²) in [5.74, 6) is 1.25. The van der Waals surface area contributed by atoms with E-state index < -0.39 is 11.7 Å². The van der Waals surface area contributed by atoms with Gasteiger partial charge in [-0.25, -0.2) is 14.8 Å². The van der Waals surface area contributed by atoms with Gasteiger partial charge in [0.15, 0.2) is 5.76 Å². The summed E-state index contributed by atoms with van der Waals surface area (Å²) in [6, 6.07) is 5.44. The number of ether oxygens (including phenoxy) is 1. The Morgan fingerprint density at radius 2 is 2.17 bits per heavy atom. The van der Waals surface area contributed by atoms with Crippen molar-refractivity contribution in [2.24, 2.45) is 0 Å². The molecule has 0 fully saturated rings. The van der Waals surface area contributed by atoms with Gasteiger partial charge in [-0.3, -0.25) is 0 Å². The van der Waals surface area contributed by atoms with Crippen LogP contribution in [0.25, 0.3) is 11.5 Å². The molecule has 2 heterocycles. The van der Waals surface area contributed by atoms with Crippen LogP contribution >= 0.6 is 0 Å². The molecule has 124 valence electrons. The minimum atomic E-state index is -0.504. The second kappa shape index (κ2) is 7.13. The summed E-state index contributed by atoms with van der Waals surface area (Å²) >= 11 is 0. The van der Waals surface area contributed by atoms with Gasteiger partial charge in [0.25, 0.3) is 0 Å². The molecule has 0 bridgehead atoms. The van der Waals surface area contributed by atoms with Crippen LogP contribution in [0.2, 0.25) is 0 Å². The van der Waals surface area contributed by atoms with Crippen molar-refractivity contribution in [3.8, 4) is 11.5 Å². The molecule has 0 spiro atoms. The summed E-state index contributed by atoms with van der Waals surface area (Å²) in [6.07, 6.45) is 2.85. The zero-order valence-electron chi connectivity index (χ0n) is 13.9. The van der Waals surface area contributed by atoms with Gasteiger partial charge in [0.05, 0.1) is 6.26 Å². The summed E-state index contributed by atoms with van der Waals surface area (Å²) in [4.78, 5) is 22.1. The van der Waals surface area contributed by atoms with Gasteiger partial charge < -0.3 is 19.4 Å². The zero-order valence-corrected chi connectivity index (χ0v) is 13.9. The average Bonchev–Trinajstić information content (AvgIpc) is 2.99. The van der Waals surface area contributed by atoms with Gasteiger partial charge in [-0.1, -0.05) is 0 Å². The van der Waals surface area contributed by atoms with Crippen LogP contribution in [-0.2, 0) is 4.74 Å². The number of hydrogen-bond donors (Lipinski definition) is 1. The normalized spacial score (nSPS) is 11.1. The number of anilines is 1. The molecule has 0 aliphatic rings. The Labute approximate surface area is 135 Å². The maximum Gasteiger partial charge on any atom is 0.407 e. The largest absolute Gasteiger partial charge is 0.463 e. The third-order valence-electron chi connectivity index (χ3n) is 2.87. The third-order valence-corrected chi connectivity index (χ3v) is 2.87. The molecule has 0 saturated heterocycles. The number of hydrogen-bond acceptors (Lipinski definition) is 6. The van der Waals surface area contributed by atoms with E-state index in [1.54, 1.807) is 18.5 Å². The molecule has 7 heteroatoms. The van der Waals surface area contributed by atoms with E-state index in [1.807, 2.05) is 44.9 Å². The second-order valence-corrected chi connectivity index (χ2v) is 6.07. The van der Waals surface area contributed by atoms with E-state index >= 15 is 0 Å². The van der Waals surface area contributed by atoms with Crippen LogP contribution < -0.4 is 10.2 Å². The Morgan fingerprint density at radius 3 is 2.83 bits per heavy atom. The number of likely N-dealkylation sites (N-methyl/N-ethyl adjacent to an activating group) is 1. The van der Waals surface area contributed by atoms with Gasteiger partial charge in [0.1, 0.15) is 11.3 Å². The lowest BCUT2D eigenvalue weighted by molar-refractivity contribution is 0.0529. The number of aromatic nitrogens is 2. The quantitative estimate of drug-likeness (QED) is 0.913. The Balaban J connectivity index is 1.88. The third kappa shape index (κ3) is 5.28. The molecule has 0 radical (unpaired) electrons. The summed E-state index contributed by atoms with van der Waals surface area (Å²) in [7, 11) is 1.86. The second-order valence-electron chi connectivity index (χ2n) is 6.07. The first-order valence-corrected chi connectivity index (χ1v) is 7.40. The first kappa shape index (κ1) is 16.8. The lowest BCUT2D eigenvalue weighted by Gasteiger charge is -2.21. The van der Waals surface area contributed by atoms with Crippen LogP contribution in [0.5, 0.6) is 0 Å². The van der Waals surface area contributed by atoms with E-state index in [9.17, 15) is 4.79 Å². The molecule has 2 rings (SSSR count). The van der Waals surface area contributed by atoms with Crippen LogP contribution in [0.3, 0.4) is 0 Å².